The molecule has 106 valence electrons. The van der Waals surface area contributed by atoms with Gasteiger partial charge in [-0.15, -0.1) is 11.3 Å². The molecule has 0 fully saturated rings. The van der Waals surface area contributed by atoms with Gasteiger partial charge in [-0.25, -0.2) is 4.98 Å². The Labute approximate surface area is 122 Å². The number of nitrogen functional groups attached to an aromatic ring is 1. The summed E-state index contributed by atoms with van der Waals surface area (Å²) in [7, 11) is 0. The van der Waals surface area contributed by atoms with Gasteiger partial charge in [0.05, 0.1) is 22.0 Å². The molecular formula is C14H18N4OS. The largest absolute Gasteiger partial charge is 0.352 e. The third-order valence-electron chi connectivity index (χ3n) is 2.91. The summed E-state index contributed by atoms with van der Waals surface area (Å²) in [6, 6.07) is 5.51. The van der Waals surface area contributed by atoms with Crippen LogP contribution in [0.4, 0.5) is 5.69 Å². The van der Waals surface area contributed by atoms with E-state index in [0.29, 0.717) is 17.8 Å². The number of anilines is 1. The molecule has 0 unspecified atom stereocenters. The highest BCUT2D eigenvalue weighted by Gasteiger charge is 2.10. The summed E-state index contributed by atoms with van der Waals surface area (Å²) >= 11 is 1.62. The van der Waals surface area contributed by atoms with Gasteiger partial charge in [0.15, 0.2) is 0 Å². The monoisotopic (exact) mass is 290 g/mol. The van der Waals surface area contributed by atoms with E-state index >= 15 is 0 Å². The molecule has 5 nitrogen and oxygen atoms in total. The molecule has 20 heavy (non-hydrogen) atoms. The second kappa shape index (κ2) is 6.49. The molecule has 1 aromatic carbocycles. The minimum atomic E-state index is -0.134. The number of thiazole rings is 1. The van der Waals surface area contributed by atoms with E-state index in [1.807, 2.05) is 31.4 Å². The van der Waals surface area contributed by atoms with E-state index in [2.05, 4.69) is 15.7 Å². The highest BCUT2D eigenvalue weighted by atomic mass is 32.1. The number of hydrogen-bond acceptors (Lipinski definition) is 5. The Bertz CT molecular complexity index is 609. The maximum Gasteiger partial charge on any atom is 0.253 e. The number of benzene rings is 1. The lowest BCUT2D eigenvalue weighted by Gasteiger charge is -2.10. The first-order chi connectivity index (χ1) is 9.60. The fraction of sp³-hybridized carbons (Fsp3) is 0.286. The Morgan fingerprint density at radius 3 is 2.85 bits per heavy atom. The number of carbonyl (C=O) groups is 1. The lowest BCUT2D eigenvalue weighted by Crippen LogP contribution is -2.27. The van der Waals surface area contributed by atoms with Crippen molar-refractivity contribution in [2.75, 3.05) is 12.0 Å². The number of aryl methyl sites for hydroxylation is 2. The molecule has 2 rings (SSSR count). The van der Waals surface area contributed by atoms with Gasteiger partial charge in [0, 0.05) is 18.3 Å². The van der Waals surface area contributed by atoms with Crippen LogP contribution in [0.1, 0.15) is 26.6 Å². The van der Waals surface area contributed by atoms with Crippen LogP contribution < -0.4 is 16.6 Å². The fourth-order valence-corrected chi connectivity index (χ4v) is 2.55. The molecule has 0 atom stereocenters. The van der Waals surface area contributed by atoms with Gasteiger partial charge in [0.25, 0.3) is 5.91 Å². The number of amides is 1. The third-order valence-corrected chi connectivity index (χ3v) is 3.73. The van der Waals surface area contributed by atoms with Crippen molar-refractivity contribution in [3.8, 4) is 0 Å². The molecular weight excluding hydrogens is 272 g/mol. The number of nitrogens with two attached hydrogens (primary N) is 1. The van der Waals surface area contributed by atoms with E-state index in [1.54, 1.807) is 17.4 Å². The predicted octanol–water partition coefficient (Wildman–Crippen LogP) is 2.02. The molecule has 1 heterocycles. The first-order valence-electron chi connectivity index (χ1n) is 6.36. The number of rotatable bonds is 5. The quantitative estimate of drug-likeness (QED) is 0.581. The Hall–Kier alpha value is -1.92. The zero-order valence-electron chi connectivity index (χ0n) is 11.6. The third kappa shape index (κ3) is 3.55. The van der Waals surface area contributed by atoms with Gasteiger partial charge >= 0.3 is 0 Å². The topological polar surface area (TPSA) is 80.0 Å². The van der Waals surface area contributed by atoms with E-state index in [-0.39, 0.29) is 5.91 Å². The summed E-state index contributed by atoms with van der Waals surface area (Å²) < 4.78 is 0. The van der Waals surface area contributed by atoms with Crippen LogP contribution in [0.3, 0.4) is 0 Å². The van der Waals surface area contributed by atoms with Crippen molar-refractivity contribution in [2.24, 2.45) is 5.84 Å². The van der Waals surface area contributed by atoms with Gasteiger partial charge in [0.1, 0.15) is 0 Å². The van der Waals surface area contributed by atoms with Crippen molar-refractivity contribution in [2.45, 2.75) is 20.3 Å². The summed E-state index contributed by atoms with van der Waals surface area (Å²) in [5.41, 5.74) is 5.79. The van der Waals surface area contributed by atoms with Crippen molar-refractivity contribution < 1.29 is 4.79 Å². The molecule has 0 aliphatic carbocycles. The van der Waals surface area contributed by atoms with Crippen LogP contribution in [0.2, 0.25) is 0 Å². The molecule has 1 aromatic heterocycles. The number of nitrogens with one attached hydrogen (secondary N) is 2. The van der Waals surface area contributed by atoms with Crippen LogP contribution in [-0.4, -0.2) is 17.4 Å². The molecule has 0 bridgehead atoms. The first-order valence-corrected chi connectivity index (χ1v) is 7.24. The number of carbonyl (C=O) groups excluding carboxylic acids is 1. The Morgan fingerprint density at radius 2 is 2.20 bits per heavy atom. The summed E-state index contributed by atoms with van der Waals surface area (Å²) in [6.07, 6.45) is 0.729. The van der Waals surface area contributed by atoms with Crippen LogP contribution in [-0.2, 0) is 6.42 Å². The molecule has 0 aliphatic heterocycles. The molecule has 0 saturated heterocycles. The standard InChI is InChI=1S/C14H18N4OS/c1-9-3-4-12(13(7-9)18-15)14(19)16-6-5-11-8-20-10(2)17-11/h3-4,7-8,18H,5-6,15H2,1-2H3,(H,16,19). The zero-order valence-corrected chi connectivity index (χ0v) is 12.4. The van der Waals surface area contributed by atoms with Crippen molar-refractivity contribution in [1.29, 1.82) is 0 Å². The lowest BCUT2D eigenvalue weighted by atomic mass is 10.1. The zero-order chi connectivity index (χ0) is 14.5. The van der Waals surface area contributed by atoms with Crippen LogP contribution >= 0.6 is 11.3 Å². The number of hydrogen-bond donors (Lipinski definition) is 3. The average molecular weight is 290 g/mol. The SMILES string of the molecule is Cc1ccc(C(=O)NCCc2csc(C)n2)c(NN)c1. The van der Waals surface area contributed by atoms with Gasteiger partial charge in [-0.2, -0.15) is 0 Å². The molecule has 2 aromatic rings. The Balaban J connectivity index is 1.95. The molecule has 0 radical (unpaired) electrons. The molecule has 4 N–H and O–H groups in total. The summed E-state index contributed by atoms with van der Waals surface area (Å²) in [4.78, 5) is 16.5. The van der Waals surface area contributed by atoms with Gasteiger partial charge in [-0.05, 0) is 31.5 Å². The van der Waals surface area contributed by atoms with E-state index in [9.17, 15) is 4.79 Å². The highest BCUT2D eigenvalue weighted by Crippen LogP contribution is 2.16. The maximum atomic E-state index is 12.1. The van der Waals surface area contributed by atoms with Crippen LogP contribution in [0, 0.1) is 13.8 Å². The van der Waals surface area contributed by atoms with Crippen molar-refractivity contribution >= 4 is 22.9 Å². The Kier molecular flexibility index (Phi) is 4.70. The smallest absolute Gasteiger partial charge is 0.253 e. The molecule has 0 spiro atoms. The molecule has 0 saturated carbocycles. The maximum absolute atomic E-state index is 12.1. The minimum absolute atomic E-state index is 0.134. The molecule has 0 aliphatic rings. The normalized spacial score (nSPS) is 10.3. The minimum Gasteiger partial charge on any atom is -0.352 e. The summed E-state index contributed by atoms with van der Waals surface area (Å²) in [5, 5.41) is 5.94. The summed E-state index contributed by atoms with van der Waals surface area (Å²) in [5.74, 6) is 5.31. The van der Waals surface area contributed by atoms with Crippen LogP contribution in [0.15, 0.2) is 23.6 Å². The van der Waals surface area contributed by atoms with Crippen molar-refractivity contribution in [3.63, 3.8) is 0 Å². The van der Waals surface area contributed by atoms with E-state index in [0.717, 1.165) is 22.7 Å². The number of hydrazine groups is 1. The second-order valence-electron chi connectivity index (χ2n) is 4.56. The predicted molar refractivity (Wildman–Crippen MR) is 81.9 cm³/mol. The Morgan fingerprint density at radius 1 is 1.40 bits per heavy atom. The van der Waals surface area contributed by atoms with E-state index in [1.165, 1.54) is 0 Å². The van der Waals surface area contributed by atoms with Crippen molar-refractivity contribution in [3.05, 3.63) is 45.4 Å². The highest BCUT2D eigenvalue weighted by molar-refractivity contribution is 7.09. The lowest BCUT2D eigenvalue weighted by molar-refractivity contribution is 0.0955. The van der Waals surface area contributed by atoms with Gasteiger partial charge in [-0.3, -0.25) is 10.6 Å². The molecule has 1 amide bonds. The van der Waals surface area contributed by atoms with Crippen LogP contribution in [0.5, 0.6) is 0 Å². The van der Waals surface area contributed by atoms with Crippen LogP contribution in [0.25, 0.3) is 0 Å². The number of nitrogens with zero attached hydrogens (tertiary/aromatic N) is 1. The summed E-state index contributed by atoms with van der Waals surface area (Å²) in [6.45, 7) is 4.48. The fourth-order valence-electron chi connectivity index (χ4n) is 1.90. The van der Waals surface area contributed by atoms with Crippen molar-refractivity contribution in [1.82, 2.24) is 10.3 Å². The first kappa shape index (κ1) is 14.5. The number of aromatic nitrogens is 1. The molecule has 6 heteroatoms. The van der Waals surface area contributed by atoms with E-state index < -0.39 is 0 Å². The average Bonchev–Trinajstić information content (AvgIpc) is 2.84. The van der Waals surface area contributed by atoms with E-state index in [4.69, 9.17) is 5.84 Å². The second-order valence-corrected chi connectivity index (χ2v) is 5.62. The van der Waals surface area contributed by atoms with Gasteiger partial charge in [0.2, 0.25) is 0 Å². The van der Waals surface area contributed by atoms with Gasteiger partial charge in [-0.1, -0.05) is 6.07 Å². The van der Waals surface area contributed by atoms with Gasteiger partial charge < -0.3 is 10.7 Å².